The second-order valence-electron chi connectivity index (χ2n) is 9.84. The summed E-state index contributed by atoms with van der Waals surface area (Å²) in [6.45, 7) is 6.41. The molecule has 1 aliphatic heterocycles. The lowest BCUT2D eigenvalue weighted by Gasteiger charge is -2.42. The predicted molar refractivity (Wildman–Crippen MR) is 123 cm³/mol. The standard InChI is InChI=1S/C25H34N4O3/c1-25(2,3)32-24(31)28-15-14-22(28)23(30)29(21-12-8-5-9-13-21)17-19-16-27(18-26-19)20-10-6-4-7-11-20/h5,8-9,12-13,16,18,20,22H,4,6-7,10-11,14-15,17H2,1-3H3/t22-/m1/s1. The van der Waals surface area contributed by atoms with Gasteiger partial charge >= 0.3 is 6.09 Å². The van der Waals surface area contributed by atoms with Crippen molar-refractivity contribution in [1.29, 1.82) is 0 Å². The third kappa shape index (κ3) is 5.14. The first-order valence-corrected chi connectivity index (χ1v) is 11.7. The lowest BCUT2D eigenvalue weighted by molar-refractivity contribution is -0.128. The van der Waals surface area contributed by atoms with Gasteiger partial charge in [0.25, 0.3) is 0 Å². The molecule has 1 aromatic heterocycles. The minimum atomic E-state index is -0.592. The van der Waals surface area contributed by atoms with Gasteiger partial charge in [0.15, 0.2) is 0 Å². The maximum absolute atomic E-state index is 13.6. The molecule has 0 bridgehead atoms. The Morgan fingerprint density at radius 2 is 1.81 bits per heavy atom. The van der Waals surface area contributed by atoms with Gasteiger partial charge in [0.1, 0.15) is 11.6 Å². The number of anilines is 1. The minimum absolute atomic E-state index is 0.0967. The van der Waals surface area contributed by atoms with Crippen LogP contribution in [0.25, 0.3) is 0 Å². The van der Waals surface area contributed by atoms with E-state index in [0.29, 0.717) is 25.6 Å². The minimum Gasteiger partial charge on any atom is -0.444 e. The van der Waals surface area contributed by atoms with Gasteiger partial charge in [-0.05, 0) is 52.2 Å². The Morgan fingerprint density at radius 1 is 1.09 bits per heavy atom. The lowest BCUT2D eigenvalue weighted by Crippen LogP contribution is -2.59. The molecular formula is C25H34N4O3. The van der Waals surface area contributed by atoms with Crippen molar-refractivity contribution < 1.29 is 14.3 Å². The quantitative estimate of drug-likeness (QED) is 0.664. The number of amides is 2. The summed E-state index contributed by atoms with van der Waals surface area (Å²) in [5.74, 6) is -0.0967. The van der Waals surface area contributed by atoms with E-state index in [2.05, 4.69) is 15.7 Å². The van der Waals surface area contributed by atoms with Crippen LogP contribution in [0.15, 0.2) is 42.9 Å². The fourth-order valence-corrected chi connectivity index (χ4v) is 4.47. The van der Waals surface area contributed by atoms with Gasteiger partial charge in [0, 0.05) is 24.5 Å². The Morgan fingerprint density at radius 3 is 2.44 bits per heavy atom. The van der Waals surface area contributed by atoms with Crippen molar-refractivity contribution in [3.05, 3.63) is 48.5 Å². The van der Waals surface area contributed by atoms with Crippen molar-refractivity contribution in [3.8, 4) is 0 Å². The number of hydrogen-bond donors (Lipinski definition) is 0. The SMILES string of the molecule is CC(C)(C)OC(=O)N1CC[C@@H]1C(=O)N(Cc1cn(C2CCCCC2)cn1)c1ccccc1. The molecule has 2 fully saturated rings. The number of hydrogen-bond acceptors (Lipinski definition) is 4. The van der Waals surface area contributed by atoms with Gasteiger partial charge in [-0.2, -0.15) is 0 Å². The molecule has 1 saturated carbocycles. The molecule has 2 amide bonds. The largest absolute Gasteiger partial charge is 0.444 e. The van der Waals surface area contributed by atoms with E-state index in [1.165, 1.54) is 37.0 Å². The van der Waals surface area contributed by atoms with E-state index < -0.39 is 17.7 Å². The van der Waals surface area contributed by atoms with E-state index in [9.17, 15) is 9.59 Å². The number of aromatic nitrogens is 2. The highest BCUT2D eigenvalue weighted by molar-refractivity contribution is 5.99. The average molecular weight is 439 g/mol. The number of carbonyl (C=O) groups excluding carboxylic acids is 2. The Hall–Kier alpha value is -2.83. The molecule has 1 saturated heterocycles. The van der Waals surface area contributed by atoms with Crippen LogP contribution < -0.4 is 4.90 Å². The number of rotatable bonds is 5. The van der Waals surface area contributed by atoms with E-state index in [-0.39, 0.29) is 5.91 Å². The van der Waals surface area contributed by atoms with E-state index in [0.717, 1.165) is 11.4 Å². The first-order chi connectivity index (χ1) is 15.3. The van der Waals surface area contributed by atoms with Crippen molar-refractivity contribution in [2.24, 2.45) is 0 Å². The number of carbonyl (C=O) groups is 2. The Kier molecular flexibility index (Phi) is 6.53. The number of nitrogens with zero attached hydrogens (tertiary/aromatic N) is 4. The van der Waals surface area contributed by atoms with E-state index >= 15 is 0 Å². The van der Waals surface area contributed by atoms with E-state index in [1.807, 2.05) is 57.4 Å². The number of benzene rings is 1. The van der Waals surface area contributed by atoms with Crippen LogP contribution in [0.3, 0.4) is 0 Å². The molecule has 0 unspecified atom stereocenters. The molecule has 1 aromatic carbocycles. The summed E-state index contributed by atoms with van der Waals surface area (Å²) >= 11 is 0. The molecule has 2 aromatic rings. The van der Waals surface area contributed by atoms with Gasteiger partial charge in [-0.25, -0.2) is 9.78 Å². The molecule has 0 radical (unpaired) electrons. The van der Waals surface area contributed by atoms with Crippen LogP contribution in [-0.2, 0) is 16.1 Å². The van der Waals surface area contributed by atoms with Crippen molar-refractivity contribution in [2.45, 2.75) is 83.5 Å². The Balaban J connectivity index is 1.51. The fourth-order valence-electron chi connectivity index (χ4n) is 4.47. The summed E-state index contributed by atoms with van der Waals surface area (Å²) in [4.78, 5) is 34.0. The lowest BCUT2D eigenvalue weighted by atomic mass is 9.95. The normalized spacial score (nSPS) is 19.3. The third-order valence-electron chi connectivity index (χ3n) is 6.24. The van der Waals surface area contributed by atoms with E-state index in [4.69, 9.17) is 4.74 Å². The molecule has 172 valence electrons. The zero-order valence-electron chi connectivity index (χ0n) is 19.4. The highest BCUT2D eigenvalue weighted by Crippen LogP contribution is 2.29. The molecular weight excluding hydrogens is 404 g/mol. The monoisotopic (exact) mass is 438 g/mol. The van der Waals surface area contributed by atoms with Crippen molar-refractivity contribution in [2.75, 3.05) is 11.4 Å². The molecule has 0 N–H and O–H groups in total. The molecule has 7 nitrogen and oxygen atoms in total. The molecule has 0 spiro atoms. The van der Waals surface area contributed by atoms with Crippen molar-refractivity contribution >= 4 is 17.7 Å². The summed E-state index contributed by atoms with van der Waals surface area (Å²) in [5, 5.41) is 0. The maximum atomic E-state index is 13.6. The van der Waals surface area contributed by atoms with Crippen LogP contribution >= 0.6 is 0 Å². The molecule has 1 aliphatic carbocycles. The van der Waals surface area contributed by atoms with Crippen LogP contribution in [0, 0.1) is 0 Å². The summed E-state index contributed by atoms with van der Waals surface area (Å²) < 4.78 is 7.70. The number of imidazole rings is 1. The summed E-state index contributed by atoms with van der Waals surface area (Å²) in [6.07, 6.45) is 10.4. The smallest absolute Gasteiger partial charge is 0.410 e. The number of para-hydroxylation sites is 1. The van der Waals surface area contributed by atoms with Gasteiger partial charge in [0.05, 0.1) is 18.6 Å². The van der Waals surface area contributed by atoms with Crippen LogP contribution in [0.5, 0.6) is 0 Å². The zero-order chi connectivity index (χ0) is 22.7. The number of likely N-dealkylation sites (tertiary alicyclic amines) is 1. The van der Waals surface area contributed by atoms with Crippen molar-refractivity contribution in [3.63, 3.8) is 0 Å². The first kappa shape index (κ1) is 22.4. The molecule has 4 rings (SSSR count). The van der Waals surface area contributed by atoms with Crippen LogP contribution in [-0.4, -0.2) is 44.6 Å². The van der Waals surface area contributed by atoms with Gasteiger partial charge in [0.2, 0.25) is 5.91 Å². The van der Waals surface area contributed by atoms with Crippen molar-refractivity contribution in [1.82, 2.24) is 14.5 Å². The summed E-state index contributed by atoms with van der Waals surface area (Å²) in [7, 11) is 0. The van der Waals surface area contributed by atoms with Crippen LogP contribution in [0.4, 0.5) is 10.5 Å². The molecule has 1 atom stereocenters. The fraction of sp³-hybridized carbons (Fsp3) is 0.560. The Labute approximate surface area is 190 Å². The predicted octanol–water partition coefficient (Wildman–Crippen LogP) is 4.93. The van der Waals surface area contributed by atoms with Gasteiger partial charge in [-0.15, -0.1) is 0 Å². The summed E-state index contributed by atoms with van der Waals surface area (Å²) in [5.41, 5.74) is 1.07. The Bertz CT molecular complexity index is 928. The van der Waals surface area contributed by atoms with Gasteiger partial charge in [-0.1, -0.05) is 37.5 Å². The summed E-state index contributed by atoms with van der Waals surface area (Å²) in [6, 6.07) is 9.61. The molecule has 2 aliphatic rings. The number of ether oxygens (including phenoxy) is 1. The first-order valence-electron chi connectivity index (χ1n) is 11.7. The zero-order valence-corrected chi connectivity index (χ0v) is 19.4. The topological polar surface area (TPSA) is 67.7 Å². The average Bonchev–Trinajstić information content (AvgIpc) is 3.20. The molecule has 7 heteroatoms. The molecule has 32 heavy (non-hydrogen) atoms. The second kappa shape index (κ2) is 9.35. The van der Waals surface area contributed by atoms with Crippen LogP contribution in [0.2, 0.25) is 0 Å². The van der Waals surface area contributed by atoms with Gasteiger partial charge in [-0.3, -0.25) is 9.69 Å². The maximum Gasteiger partial charge on any atom is 0.410 e. The highest BCUT2D eigenvalue weighted by Gasteiger charge is 2.42. The third-order valence-corrected chi connectivity index (χ3v) is 6.24. The molecule has 2 heterocycles. The highest BCUT2D eigenvalue weighted by atomic mass is 16.6. The second-order valence-corrected chi connectivity index (χ2v) is 9.84. The van der Waals surface area contributed by atoms with E-state index in [1.54, 1.807) is 4.90 Å². The van der Waals surface area contributed by atoms with Gasteiger partial charge < -0.3 is 14.2 Å². The van der Waals surface area contributed by atoms with Crippen LogP contribution in [0.1, 0.15) is 71.0 Å².